The average Bonchev–Trinajstić information content (AvgIpc) is 0.868. The number of carboxylic acid groups (broad SMARTS) is 5. The lowest BCUT2D eigenvalue weighted by Gasteiger charge is -2.26. The fourth-order valence-corrected chi connectivity index (χ4v) is 10.2. The Hall–Kier alpha value is -10.8. The number of nitrogens with two attached hydrogens (primary N) is 5. The lowest BCUT2D eigenvalue weighted by atomic mass is 10.1. The Morgan fingerprint density at radius 3 is 0.540 bits per heavy atom. The van der Waals surface area contributed by atoms with Crippen LogP contribution in [-0.4, -0.2) is 267 Å². The van der Waals surface area contributed by atoms with E-state index in [4.69, 9.17) is 33.8 Å². The van der Waals surface area contributed by atoms with E-state index in [-0.39, 0.29) is 45.3 Å². The highest BCUT2D eigenvalue weighted by molar-refractivity contribution is 6.01. The molecule has 15 amide bonds. The fraction of sp³-hybridized carbons (Fsp3) is 0.706. The van der Waals surface area contributed by atoms with Gasteiger partial charge in [0.05, 0.1) is 6.04 Å². The third kappa shape index (κ3) is 42.4. The number of carbonyl (C=O) groups is 20. The largest absolute Gasteiger partial charge is 0.481 e. The molecule has 0 aliphatic heterocycles. The number of aliphatic carboxylic acids is 5. The van der Waals surface area contributed by atoms with Gasteiger partial charge in [0.1, 0.15) is 90.6 Å². The third-order valence-corrected chi connectivity index (χ3v) is 17.2. The van der Waals surface area contributed by atoms with Crippen LogP contribution in [0.15, 0.2) is 0 Å². The second-order valence-electron chi connectivity index (χ2n) is 27.1. The highest BCUT2D eigenvalue weighted by atomic mass is 16.4. The molecular formula is C68H118N20O25. The van der Waals surface area contributed by atoms with Gasteiger partial charge in [-0.1, -0.05) is 6.42 Å². The van der Waals surface area contributed by atoms with Crippen LogP contribution >= 0.6 is 0 Å². The Morgan fingerprint density at radius 1 is 0.212 bits per heavy atom. The molecule has 640 valence electrons. The Balaban J connectivity index is 6.40. The summed E-state index contributed by atoms with van der Waals surface area (Å²) in [4.78, 5) is 261. The lowest BCUT2D eigenvalue weighted by Crippen LogP contribution is -2.60. The highest BCUT2D eigenvalue weighted by Gasteiger charge is 2.37. The molecule has 0 aromatic carbocycles. The van der Waals surface area contributed by atoms with Gasteiger partial charge in [0.2, 0.25) is 88.6 Å². The lowest BCUT2D eigenvalue weighted by molar-refractivity contribution is -0.142. The van der Waals surface area contributed by atoms with Gasteiger partial charge in [0, 0.05) is 25.7 Å². The van der Waals surface area contributed by atoms with Crippen LogP contribution in [0, 0.1) is 0 Å². The molecular weight excluding hydrogens is 1500 g/mol. The highest BCUT2D eigenvalue weighted by Crippen LogP contribution is 2.11. The molecule has 113 heavy (non-hydrogen) atoms. The number of unbranched alkanes of at least 4 members (excludes halogenated alkanes) is 4. The molecule has 45 nitrogen and oxygen atoms in total. The van der Waals surface area contributed by atoms with Crippen molar-refractivity contribution >= 4 is 118 Å². The van der Waals surface area contributed by atoms with Crippen molar-refractivity contribution in [1.82, 2.24) is 79.8 Å². The maximum absolute atomic E-state index is 13.9. The molecule has 0 radical (unpaired) electrons. The summed E-state index contributed by atoms with van der Waals surface area (Å²) in [6.45, 7) is 10.5. The maximum atomic E-state index is 13.9. The minimum Gasteiger partial charge on any atom is -0.481 e. The van der Waals surface area contributed by atoms with Gasteiger partial charge < -0.3 is 134 Å². The van der Waals surface area contributed by atoms with E-state index in [1.165, 1.54) is 20.8 Å². The summed E-state index contributed by atoms with van der Waals surface area (Å²) in [5.74, 6) is -22.2. The Bertz CT molecular complexity index is 3260. The summed E-state index contributed by atoms with van der Waals surface area (Å²) in [7, 11) is 0. The van der Waals surface area contributed by atoms with Gasteiger partial charge in [-0.15, -0.1) is 0 Å². The van der Waals surface area contributed by atoms with E-state index in [1.54, 1.807) is 0 Å². The van der Waals surface area contributed by atoms with Crippen LogP contribution in [0.2, 0.25) is 0 Å². The number of hydrogen-bond donors (Lipinski definition) is 25. The molecule has 16 atom stereocenters. The van der Waals surface area contributed by atoms with Gasteiger partial charge in [0.15, 0.2) is 0 Å². The van der Waals surface area contributed by atoms with E-state index in [1.807, 2.05) is 0 Å². The number of carboxylic acids is 5. The smallest absolute Gasteiger partial charge is 0.325 e. The second-order valence-corrected chi connectivity index (χ2v) is 27.1. The topological polar surface area (TPSA) is 753 Å². The first-order valence-corrected chi connectivity index (χ1v) is 37.2. The summed E-state index contributed by atoms with van der Waals surface area (Å²) < 4.78 is 0. The number of rotatable bonds is 59. The van der Waals surface area contributed by atoms with E-state index >= 15 is 0 Å². The molecule has 0 rings (SSSR count). The fourth-order valence-electron chi connectivity index (χ4n) is 10.2. The van der Waals surface area contributed by atoms with E-state index < -0.39 is 266 Å². The first kappa shape index (κ1) is 102. The Morgan fingerprint density at radius 2 is 0.372 bits per heavy atom. The van der Waals surface area contributed by atoms with Crippen LogP contribution in [0.4, 0.5) is 0 Å². The summed E-state index contributed by atoms with van der Waals surface area (Å²) in [6, 6.07) is -23.7. The van der Waals surface area contributed by atoms with E-state index in [9.17, 15) is 116 Å². The zero-order valence-corrected chi connectivity index (χ0v) is 65.0. The molecule has 0 fully saturated rings. The molecule has 0 heterocycles. The predicted molar refractivity (Wildman–Crippen MR) is 399 cm³/mol. The summed E-state index contributed by atoms with van der Waals surface area (Å²) in [5.41, 5.74) is 28.6. The zero-order valence-electron chi connectivity index (χ0n) is 65.0. The minimum atomic E-state index is -1.81. The van der Waals surface area contributed by atoms with Crippen molar-refractivity contribution in [2.45, 2.75) is 280 Å². The minimum absolute atomic E-state index is 0.00792. The maximum Gasteiger partial charge on any atom is 0.325 e. The number of nitrogens with one attached hydrogen (secondary N) is 15. The molecule has 30 N–H and O–H groups in total. The van der Waals surface area contributed by atoms with Crippen molar-refractivity contribution in [3.63, 3.8) is 0 Å². The molecule has 0 aromatic rings. The normalized spacial score (nSPS) is 15.2. The van der Waals surface area contributed by atoms with Gasteiger partial charge in [0.25, 0.3) is 0 Å². The van der Waals surface area contributed by atoms with Crippen molar-refractivity contribution in [2.24, 2.45) is 28.7 Å². The van der Waals surface area contributed by atoms with E-state index in [0.29, 0.717) is 57.9 Å². The van der Waals surface area contributed by atoms with Crippen LogP contribution in [0.1, 0.15) is 184 Å². The summed E-state index contributed by atoms with van der Waals surface area (Å²) >= 11 is 0. The van der Waals surface area contributed by atoms with Crippen molar-refractivity contribution in [1.29, 1.82) is 0 Å². The quantitative estimate of drug-likeness (QED) is 0.0252. The van der Waals surface area contributed by atoms with Gasteiger partial charge >= 0.3 is 29.8 Å². The van der Waals surface area contributed by atoms with Crippen molar-refractivity contribution < 1.29 is 121 Å². The second kappa shape index (κ2) is 54.8. The molecule has 0 saturated heterocycles. The number of amides is 15. The number of carbonyl (C=O) groups excluding carboxylic acids is 15. The molecule has 0 aliphatic rings. The van der Waals surface area contributed by atoms with Crippen LogP contribution in [0.3, 0.4) is 0 Å². The van der Waals surface area contributed by atoms with Gasteiger partial charge in [-0.05, 0) is 178 Å². The molecule has 0 aromatic heterocycles. The van der Waals surface area contributed by atoms with Gasteiger partial charge in [-0.3, -0.25) is 95.9 Å². The SMILES string of the molecule is C[C@H](NC(=O)[C@H](CCC(=O)O)NC(=O)[C@H](C)NC(=O)[C@H](CCC(=O)O)NC(=O)[C@H](C)NC(=O)[C@H](CCC(=O)O)NC(=O)[C@H](C)NC(=O)[C@H](CCC(=O)O)NC(=O)[C@H](C)NC(=O)[C@H](CCCCN)NC(=O)[C@H](C)NC(=O)[C@H](CCCCN)NC(=O)[C@H](C)NC(=O)[C@H](CCCCN)NC(=O)[C@H](C)NC(=O)[C@@H](N)CCCCN)C(=O)O. The van der Waals surface area contributed by atoms with Gasteiger partial charge in [-0.2, -0.15) is 0 Å². The van der Waals surface area contributed by atoms with Gasteiger partial charge in [-0.25, -0.2) is 0 Å². The van der Waals surface area contributed by atoms with Crippen LogP contribution in [0.5, 0.6) is 0 Å². The summed E-state index contributed by atoms with van der Waals surface area (Å²) in [5, 5.41) is 82.1. The molecule has 0 unspecified atom stereocenters. The van der Waals surface area contributed by atoms with Crippen molar-refractivity contribution in [3.05, 3.63) is 0 Å². The Labute approximate surface area is 652 Å². The van der Waals surface area contributed by atoms with Crippen LogP contribution in [-0.2, 0) is 95.9 Å². The standard InChI is InChI=1S/C68H118N20O25/c1-33(74-60(104)41(73)17-9-13-29-69)53(97)82-42(18-10-14-30-70)61(105)75-34(2)54(98)83-43(19-11-15-31-71)62(106)76-35(3)55(99)84-44(20-12-16-32-72)63(107)77-36(4)56(100)85-45(21-25-49(89)90)64(108)78-37(5)57(101)86-46(22-26-50(91)92)65(109)79-38(6)58(102)87-47(23-27-51(93)94)66(110)80-39(7)59(103)88-48(24-28-52(95)96)67(111)81-40(8)68(112)113/h33-48H,9-32,69-73H2,1-8H3,(H,74,104)(H,75,105)(H,76,106)(H,77,107)(H,78,108)(H,79,109)(H,80,110)(H,81,111)(H,82,97)(H,83,98)(H,84,99)(H,85,100)(H,86,101)(H,87,102)(H,88,103)(H,89,90)(H,91,92)(H,93,94)(H,95,96)(H,112,113)/t33-,34-,35-,36-,37-,38-,39-,40-,41-,42-,43-,44-,45-,46-,47-,48-/m0/s1. The molecule has 0 bridgehead atoms. The van der Waals surface area contributed by atoms with E-state index in [2.05, 4.69) is 79.8 Å². The average molecular weight is 1620 g/mol. The number of hydrogen-bond acceptors (Lipinski definition) is 25. The zero-order chi connectivity index (χ0) is 86.4. The first-order chi connectivity index (χ1) is 52.9. The van der Waals surface area contributed by atoms with E-state index in [0.717, 1.165) is 34.6 Å². The molecule has 0 spiro atoms. The molecule has 0 aliphatic carbocycles. The molecule has 45 heteroatoms. The first-order valence-electron chi connectivity index (χ1n) is 37.2. The van der Waals surface area contributed by atoms with Crippen molar-refractivity contribution in [2.75, 3.05) is 26.2 Å². The monoisotopic (exact) mass is 1610 g/mol. The third-order valence-electron chi connectivity index (χ3n) is 17.2. The van der Waals surface area contributed by atoms with Crippen LogP contribution < -0.4 is 108 Å². The predicted octanol–water partition coefficient (Wildman–Crippen LogP) is -8.20. The van der Waals surface area contributed by atoms with Crippen LogP contribution in [0.25, 0.3) is 0 Å². The Kier molecular flexibility index (Phi) is 49.5. The molecule has 0 saturated carbocycles. The van der Waals surface area contributed by atoms with Crippen molar-refractivity contribution in [3.8, 4) is 0 Å². The summed E-state index contributed by atoms with van der Waals surface area (Å²) in [6.07, 6.45) is -1.76.